The summed E-state index contributed by atoms with van der Waals surface area (Å²) in [7, 11) is 1.71. The van der Waals surface area contributed by atoms with Crippen molar-refractivity contribution in [2.24, 2.45) is 12.5 Å². The van der Waals surface area contributed by atoms with Crippen molar-refractivity contribution in [2.75, 3.05) is 26.2 Å². The van der Waals surface area contributed by atoms with Gasteiger partial charge in [0.25, 0.3) is 5.56 Å². The molecule has 0 atom stereocenters. The molecule has 9 nitrogen and oxygen atoms in total. The molecule has 0 bridgehead atoms. The molecule has 1 aliphatic rings. The van der Waals surface area contributed by atoms with Crippen molar-refractivity contribution in [2.45, 2.75) is 27.3 Å². The Kier molecular flexibility index (Phi) is 4.55. The average Bonchev–Trinajstić information content (AvgIpc) is 2.98. The van der Waals surface area contributed by atoms with Gasteiger partial charge in [0.1, 0.15) is 18.3 Å². The van der Waals surface area contributed by atoms with Crippen molar-refractivity contribution in [3.63, 3.8) is 0 Å². The van der Waals surface area contributed by atoms with E-state index >= 15 is 0 Å². The van der Waals surface area contributed by atoms with Gasteiger partial charge in [0, 0.05) is 38.6 Å². The van der Waals surface area contributed by atoms with Crippen molar-refractivity contribution in [3.05, 3.63) is 22.9 Å². The van der Waals surface area contributed by atoms with Crippen LogP contribution in [0.4, 0.5) is 0 Å². The number of fused-ring (bicyclic) bond motifs is 1. The Balaban J connectivity index is 1.66. The summed E-state index contributed by atoms with van der Waals surface area (Å²) in [4.78, 5) is 45.0. The van der Waals surface area contributed by atoms with Gasteiger partial charge >= 0.3 is 0 Å². The van der Waals surface area contributed by atoms with Crippen LogP contribution in [-0.2, 0) is 23.2 Å². The molecular formula is C17H24N6O3. The Hall–Kier alpha value is -2.71. The van der Waals surface area contributed by atoms with E-state index < -0.39 is 5.41 Å². The molecule has 140 valence electrons. The first-order valence-corrected chi connectivity index (χ1v) is 8.63. The van der Waals surface area contributed by atoms with Crippen molar-refractivity contribution in [3.8, 4) is 0 Å². The number of aryl methyl sites for hydroxylation is 1. The fourth-order valence-electron chi connectivity index (χ4n) is 3.06. The predicted octanol–water partition coefficient (Wildman–Crippen LogP) is -0.153. The van der Waals surface area contributed by atoms with E-state index in [0.717, 1.165) is 0 Å². The third-order valence-corrected chi connectivity index (χ3v) is 4.58. The van der Waals surface area contributed by atoms with E-state index in [9.17, 15) is 14.4 Å². The number of amides is 2. The highest BCUT2D eigenvalue weighted by atomic mass is 16.2. The van der Waals surface area contributed by atoms with Gasteiger partial charge in [-0.2, -0.15) is 5.10 Å². The molecule has 1 fully saturated rings. The monoisotopic (exact) mass is 360 g/mol. The number of rotatable bonds is 2. The fraction of sp³-hybridized carbons (Fsp3) is 0.588. The van der Waals surface area contributed by atoms with Crippen molar-refractivity contribution >= 4 is 22.8 Å². The summed E-state index contributed by atoms with van der Waals surface area (Å²) in [6.45, 7) is 7.57. The SMILES string of the molecule is Cn1ncc2c(=O)n(CC(=O)N3CCN(C(=O)C(C)(C)C)CC3)cnc21. The summed E-state index contributed by atoms with van der Waals surface area (Å²) in [5.41, 5.74) is -0.212. The summed E-state index contributed by atoms with van der Waals surface area (Å²) in [5.74, 6) is -0.0629. The molecule has 9 heteroatoms. The number of piperazine rings is 1. The molecule has 2 amide bonds. The molecule has 3 heterocycles. The second-order valence-electron chi connectivity index (χ2n) is 7.61. The number of aromatic nitrogens is 4. The summed E-state index contributed by atoms with van der Waals surface area (Å²) in [6.07, 6.45) is 2.84. The van der Waals surface area contributed by atoms with Gasteiger partial charge in [0.15, 0.2) is 5.65 Å². The van der Waals surface area contributed by atoms with Crippen LogP contribution in [0, 0.1) is 5.41 Å². The Morgan fingerprint density at radius 2 is 1.73 bits per heavy atom. The summed E-state index contributed by atoms with van der Waals surface area (Å²) in [5, 5.41) is 4.41. The zero-order valence-corrected chi connectivity index (χ0v) is 15.6. The standard InChI is InChI=1S/C17H24N6O3/c1-17(2,3)16(26)22-7-5-21(6-8-22)13(24)10-23-11-18-14-12(15(23)25)9-19-20(14)4/h9,11H,5-8,10H2,1-4H3. The second kappa shape index (κ2) is 6.54. The van der Waals surface area contributed by atoms with E-state index in [2.05, 4.69) is 10.1 Å². The van der Waals surface area contributed by atoms with Crippen LogP contribution < -0.4 is 5.56 Å². The predicted molar refractivity (Wildman–Crippen MR) is 95.4 cm³/mol. The summed E-state index contributed by atoms with van der Waals surface area (Å²) in [6, 6.07) is 0. The van der Waals surface area contributed by atoms with Crippen LogP contribution in [0.25, 0.3) is 11.0 Å². The van der Waals surface area contributed by atoms with E-state index in [1.807, 2.05) is 20.8 Å². The van der Waals surface area contributed by atoms with Crippen LogP contribution in [0.1, 0.15) is 20.8 Å². The lowest BCUT2D eigenvalue weighted by molar-refractivity contribution is -0.145. The quantitative estimate of drug-likeness (QED) is 0.742. The lowest BCUT2D eigenvalue weighted by Gasteiger charge is -2.37. The van der Waals surface area contributed by atoms with Gasteiger partial charge in [-0.05, 0) is 0 Å². The van der Waals surface area contributed by atoms with Crippen LogP contribution in [0.5, 0.6) is 0 Å². The molecule has 0 spiro atoms. The first-order chi connectivity index (χ1) is 12.2. The average molecular weight is 360 g/mol. The van der Waals surface area contributed by atoms with E-state index in [4.69, 9.17) is 0 Å². The number of hydrogen-bond donors (Lipinski definition) is 0. The van der Waals surface area contributed by atoms with Gasteiger partial charge in [-0.15, -0.1) is 0 Å². The minimum atomic E-state index is -0.426. The van der Waals surface area contributed by atoms with Gasteiger partial charge in [0.05, 0.1) is 6.20 Å². The van der Waals surface area contributed by atoms with E-state index in [0.29, 0.717) is 37.2 Å². The maximum atomic E-state index is 12.5. The van der Waals surface area contributed by atoms with Crippen LogP contribution in [-0.4, -0.2) is 67.1 Å². The first kappa shape index (κ1) is 18.1. The van der Waals surface area contributed by atoms with Gasteiger partial charge in [-0.1, -0.05) is 20.8 Å². The molecule has 0 N–H and O–H groups in total. The lowest BCUT2D eigenvalue weighted by Crippen LogP contribution is -2.53. The molecule has 0 saturated carbocycles. The van der Waals surface area contributed by atoms with Gasteiger partial charge < -0.3 is 9.80 Å². The van der Waals surface area contributed by atoms with Crippen molar-refractivity contribution in [1.29, 1.82) is 0 Å². The fourth-order valence-corrected chi connectivity index (χ4v) is 3.06. The maximum Gasteiger partial charge on any atom is 0.264 e. The van der Waals surface area contributed by atoms with E-state index in [1.165, 1.54) is 21.8 Å². The van der Waals surface area contributed by atoms with Crippen molar-refractivity contribution < 1.29 is 9.59 Å². The molecule has 3 rings (SSSR count). The highest BCUT2D eigenvalue weighted by Crippen LogP contribution is 2.18. The molecule has 2 aromatic rings. The molecular weight excluding hydrogens is 336 g/mol. The smallest absolute Gasteiger partial charge is 0.264 e. The maximum absolute atomic E-state index is 12.5. The molecule has 2 aromatic heterocycles. The van der Waals surface area contributed by atoms with E-state index in [1.54, 1.807) is 16.8 Å². The molecule has 1 saturated heterocycles. The highest BCUT2D eigenvalue weighted by Gasteiger charge is 2.30. The van der Waals surface area contributed by atoms with Crippen LogP contribution in [0.15, 0.2) is 17.3 Å². The highest BCUT2D eigenvalue weighted by molar-refractivity contribution is 5.82. The van der Waals surface area contributed by atoms with Gasteiger partial charge in [0.2, 0.25) is 11.8 Å². The molecule has 0 radical (unpaired) electrons. The Labute approximate surface area is 151 Å². The third-order valence-electron chi connectivity index (χ3n) is 4.58. The van der Waals surface area contributed by atoms with Gasteiger partial charge in [-0.25, -0.2) is 4.98 Å². The minimum absolute atomic E-state index is 0.0656. The number of carbonyl (C=O) groups excluding carboxylic acids is 2. The van der Waals surface area contributed by atoms with E-state index in [-0.39, 0.29) is 23.9 Å². The Morgan fingerprint density at radius 1 is 1.12 bits per heavy atom. The summed E-state index contributed by atoms with van der Waals surface area (Å²) >= 11 is 0. The lowest BCUT2D eigenvalue weighted by atomic mass is 9.94. The normalized spacial score (nSPS) is 15.5. The third kappa shape index (κ3) is 3.33. The van der Waals surface area contributed by atoms with Crippen LogP contribution >= 0.6 is 0 Å². The molecule has 0 aromatic carbocycles. The zero-order chi connectivity index (χ0) is 19.1. The zero-order valence-electron chi connectivity index (χ0n) is 15.6. The Morgan fingerprint density at radius 3 is 2.35 bits per heavy atom. The van der Waals surface area contributed by atoms with Crippen LogP contribution in [0.2, 0.25) is 0 Å². The second-order valence-corrected chi connectivity index (χ2v) is 7.61. The number of hydrogen-bond acceptors (Lipinski definition) is 5. The topological polar surface area (TPSA) is 93.3 Å². The number of nitrogens with zero attached hydrogens (tertiary/aromatic N) is 6. The molecule has 0 aliphatic carbocycles. The minimum Gasteiger partial charge on any atom is -0.339 e. The van der Waals surface area contributed by atoms with Crippen molar-refractivity contribution in [1.82, 2.24) is 29.1 Å². The number of carbonyl (C=O) groups is 2. The summed E-state index contributed by atoms with van der Waals surface area (Å²) < 4.78 is 2.83. The Bertz CT molecular complexity index is 899. The van der Waals surface area contributed by atoms with Gasteiger partial charge in [-0.3, -0.25) is 23.6 Å². The van der Waals surface area contributed by atoms with Crippen LogP contribution in [0.3, 0.4) is 0 Å². The molecule has 0 unspecified atom stereocenters. The largest absolute Gasteiger partial charge is 0.339 e. The molecule has 1 aliphatic heterocycles. The molecule has 26 heavy (non-hydrogen) atoms. The first-order valence-electron chi connectivity index (χ1n) is 8.63.